The van der Waals surface area contributed by atoms with E-state index in [-0.39, 0.29) is 11.9 Å². The Bertz CT molecular complexity index is 407. The number of amides is 1. The lowest BCUT2D eigenvalue weighted by Crippen LogP contribution is -2.29. The molecule has 1 aromatic carbocycles. The summed E-state index contributed by atoms with van der Waals surface area (Å²) in [5, 5.41) is 6.32. The van der Waals surface area contributed by atoms with Gasteiger partial charge in [-0.2, -0.15) is 0 Å². The number of hydrogen-bond donors (Lipinski definition) is 2. The summed E-state index contributed by atoms with van der Waals surface area (Å²) in [6.45, 7) is 6.54. The molecular formula is C15H24N2O2. The van der Waals surface area contributed by atoms with Gasteiger partial charge in [-0.15, -0.1) is 0 Å². The van der Waals surface area contributed by atoms with Crippen LogP contribution in [0.5, 0.6) is 0 Å². The average molecular weight is 264 g/mol. The molecule has 4 heteroatoms. The van der Waals surface area contributed by atoms with E-state index in [1.54, 1.807) is 7.11 Å². The van der Waals surface area contributed by atoms with Crippen LogP contribution in [-0.4, -0.2) is 25.7 Å². The first-order valence-electron chi connectivity index (χ1n) is 6.65. The minimum Gasteiger partial charge on any atom is -0.385 e. The van der Waals surface area contributed by atoms with Gasteiger partial charge in [-0.05, 0) is 38.0 Å². The standard InChI is InChI=1S/C15H24N2O2/c1-11(8-9-19-4)16-12(2)14-6-5-7-15(10-14)17-13(3)18/h5-7,10-12,16H,8-9H2,1-4H3,(H,17,18). The molecule has 1 amide bonds. The summed E-state index contributed by atoms with van der Waals surface area (Å²) in [5.41, 5.74) is 2.00. The minimum atomic E-state index is -0.0498. The third kappa shape index (κ3) is 5.85. The maximum absolute atomic E-state index is 11.0. The molecule has 0 radical (unpaired) electrons. The van der Waals surface area contributed by atoms with Gasteiger partial charge >= 0.3 is 0 Å². The van der Waals surface area contributed by atoms with Crippen molar-refractivity contribution in [3.8, 4) is 0 Å². The van der Waals surface area contributed by atoms with Crippen molar-refractivity contribution in [1.29, 1.82) is 0 Å². The van der Waals surface area contributed by atoms with Crippen LogP contribution in [0.4, 0.5) is 5.69 Å². The molecule has 0 bridgehead atoms. The molecule has 2 N–H and O–H groups in total. The molecule has 1 rings (SSSR count). The summed E-state index contributed by atoms with van der Waals surface area (Å²) in [6, 6.07) is 8.54. The van der Waals surface area contributed by atoms with Crippen molar-refractivity contribution in [3.63, 3.8) is 0 Å². The number of hydrogen-bond acceptors (Lipinski definition) is 3. The summed E-state index contributed by atoms with van der Waals surface area (Å²) in [5.74, 6) is -0.0498. The van der Waals surface area contributed by atoms with Gasteiger partial charge in [0.2, 0.25) is 5.91 Å². The van der Waals surface area contributed by atoms with E-state index in [0.29, 0.717) is 6.04 Å². The van der Waals surface area contributed by atoms with E-state index in [4.69, 9.17) is 4.74 Å². The number of benzene rings is 1. The summed E-state index contributed by atoms with van der Waals surface area (Å²) in [7, 11) is 1.72. The molecule has 0 aliphatic carbocycles. The molecule has 0 heterocycles. The number of anilines is 1. The quantitative estimate of drug-likeness (QED) is 0.796. The van der Waals surface area contributed by atoms with E-state index in [2.05, 4.69) is 30.5 Å². The first-order chi connectivity index (χ1) is 9.02. The van der Waals surface area contributed by atoms with Crippen LogP contribution in [0.2, 0.25) is 0 Å². The fourth-order valence-electron chi connectivity index (χ4n) is 1.99. The molecule has 2 atom stereocenters. The Balaban J connectivity index is 2.60. The summed E-state index contributed by atoms with van der Waals surface area (Å²) < 4.78 is 5.08. The number of nitrogens with one attached hydrogen (secondary N) is 2. The molecule has 19 heavy (non-hydrogen) atoms. The largest absolute Gasteiger partial charge is 0.385 e. The molecule has 0 aliphatic rings. The van der Waals surface area contributed by atoms with Crippen molar-refractivity contribution in [2.75, 3.05) is 19.0 Å². The predicted octanol–water partition coefficient (Wildman–Crippen LogP) is 2.72. The molecule has 2 unspecified atom stereocenters. The Kier molecular flexibility index (Phi) is 6.53. The molecule has 0 fully saturated rings. The molecule has 0 aliphatic heterocycles. The molecule has 0 saturated heterocycles. The highest BCUT2D eigenvalue weighted by atomic mass is 16.5. The Labute approximate surface area is 115 Å². The minimum absolute atomic E-state index is 0.0498. The lowest BCUT2D eigenvalue weighted by molar-refractivity contribution is -0.114. The fourth-order valence-corrected chi connectivity index (χ4v) is 1.99. The highest BCUT2D eigenvalue weighted by Gasteiger charge is 2.10. The molecule has 0 spiro atoms. The molecular weight excluding hydrogens is 240 g/mol. The SMILES string of the molecule is COCCC(C)NC(C)c1cccc(NC(C)=O)c1. The Hall–Kier alpha value is -1.39. The Morgan fingerprint density at radius 2 is 2.11 bits per heavy atom. The zero-order valence-electron chi connectivity index (χ0n) is 12.2. The smallest absolute Gasteiger partial charge is 0.221 e. The van der Waals surface area contributed by atoms with Crippen LogP contribution < -0.4 is 10.6 Å². The maximum atomic E-state index is 11.0. The molecule has 4 nitrogen and oxygen atoms in total. The van der Waals surface area contributed by atoms with Crippen molar-refractivity contribution < 1.29 is 9.53 Å². The summed E-state index contributed by atoms with van der Waals surface area (Å²) in [4.78, 5) is 11.0. The van der Waals surface area contributed by atoms with Gasteiger partial charge in [-0.3, -0.25) is 4.79 Å². The van der Waals surface area contributed by atoms with E-state index in [1.165, 1.54) is 6.92 Å². The number of methoxy groups -OCH3 is 1. The van der Waals surface area contributed by atoms with Gasteiger partial charge < -0.3 is 15.4 Å². The second-order valence-corrected chi connectivity index (χ2v) is 4.88. The second-order valence-electron chi connectivity index (χ2n) is 4.88. The van der Waals surface area contributed by atoms with Crippen LogP contribution in [0, 0.1) is 0 Å². The van der Waals surface area contributed by atoms with Crippen LogP contribution in [0.1, 0.15) is 38.8 Å². The van der Waals surface area contributed by atoms with Gasteiger partial charge in [0.25, 0.3) is 0 Å². The third-order valence-corrected chi connectivity index (χ3v) is 3.00. The van der Waals surface area contributed by atoms with E-state index >= 15 is 0 Å². The normalized spacial score (nSPS) is 13.9. The van der Waals surface area contributed by atoms with Crippen molar-refractivity contribution in [2.24, 2.45) is 0 Å². The number of rotatable bonds is 7. The molecule has 1 aromatic rings. The van der Waals surface area contributed by atoms with E-state index in [9.17, 15) is 4.79 Å². The van der Waals surface area contributed by atoms with Crippen LogP contribution in [0.3, 0.4) is 0 Å². The van der Waals surface area contributed by atoms with Gasteiger partial charge in [-0.25, -0.2) is 0 Å². The van der Waals surface area contributed by atoms with Crippen molar-refractivity contribution in [2.45, 2.75) is 39.3 Å². The van der Waals surface area contributed by atoms with Crippen molar-refractivity contribution in [3.05, 3.63) is 29.8 Å². The lowest BCUT2D eigenvalue weighted by Gasteiger charge is -2.20. The van der Waals surface area contributed by atoms with Crippen LogP contribution in [0.15, 0.2) is 24.3 Å². The van der Waals surface area contributed by atoms with Gasteiger partial charge in [0, 0.05) is 38.4 Å². The lowest BCUT2D eigenvalue weighted by atomic mass is 10.1. The van der Waals surface area contributed by atoms with Crippen LogP contribution in [-0.2, 0) is 9.53 Å². The first kappa shape index (κ1) is 15.7. The number of carbonyl (C=O) groups excluding carboxylic acids is 1. The average Bonchev–Trinajstić information content (AvgIpc) is 2.35. The Morgan fingerprint density at radius 1 is 1.37 bits per heavy atom. The molecule has 0 saturated carbocycles. The number of ether oxygens (including phenoxy) is 1. The predicted molar refractivity (Wildman–Crippen MR) is 78.3 cm³/mol. The highest BCUT2D eigenvalue weighted by molar-refractivity contribution is 5.88. The molecule has 106 valence electrons. The second kappa shape index (κ2) is 7.92. The maximum Gasteiger partial charge on any atom is 0.221 e. The summed E-state index contributed by atoms with van der Waals surface area (Å²) >= 11 is 0. The fraction of sp³-hybridized carbons (Fsp3) is 0.533. The summed E-state index contributed by atoms with van der Waals surface area (Å²) in [6.07, 6.45) is 0.978. The topological polar surface area (TPSA) is 50.4 Å². The van der Waals surface area contributed by atoms with E-state index in [0.717, 1.165) is 24.3 Å². The van der Waals surface area contributed by atoms with Gasteiger partial charge in [0.15, 0.2) is 0 Å². The van der Waals surface area contributed by atoms with Gasteiger partial charge in [0.1, 0.15) is 0 Å². The van der Waals surface area contributed by atoms with E-state index in [1.807, 2.05) is 18.2 Å². The van der Waals surface area contributed by atoms with Gasteiger partial charge in [-0.1, -0.05) is 12.1 Å². The van der Waals surface area contributed by atoms with Gasteiger partial charge in [0.05, 0.1) is 0 Å². The highest BCUT2D eigenvalue weighted by Crippen LogP contribution is 2.18. The molecule has 0 aromatic heterocycles. The number of carbonyl (C=O) groups is 1. The third-order valence-electron chi connectivity index (χ3n) is 3.00. The van der Waals surface area contributed by atoms with E-state index < -0.39 is 0 Å². The zero-order valence-corrected chi connectivity index (χ0v) is 12.2. The van der Waals surface area contributed by atoms with Crippen LogP contribution >= 0.6 is 0 Å². The first-order valence-corrected chi connectivity index (χ1v) is 6.65. The van der Waals surface area contributed by atoms with Crippen LogP contribution in [0.25, 0.3) is 0 Å². The zero-order chi connectivity index (χ0) is 14.3. The Morgan fingerprint density at radius 3 is 2.74 bits per heavy atom. The van der Waals surface area contributed by atoms with Crippen molar-refractivity contribution in [1.82, 2.24) is 5.32 Å². The van der Waals surface area contributed by atoms with Crippen molar-refractivity contribution >= 4 is 11.6 Å². The monoisotopic (exact) mass is 264 g/mol.